The van der Waals surface area contributed by atoms with Crippen molar-refractivity contribution in [1.29, 1.82) is 5.26 Å². The summed E-state index contributed by atoms with van der Waals surface area (Å²) in [6.45, 7) is -0.678. The minimum atomic E-state index is -1.01. The van der Waals surface area contributed by atoms with E-state index in [-0.39, 0.29) is 16.8 Å². The molecule has 0 fully saturated rings. The molecule has 0 aromatic heterocycles. The molecule has 126 valence electrons. The molecule has 0 unspecified atom stereocenters. The number of esters is 1. The molecule has 0 aliphatic rings. The predicted molar refractivity (Wildman–Crippen MR) is 88.2 cm³/mol. The van der Waals surface area contributed by atoms with Crippen LogP contribution in [-0.4, -0.2) is 23.4 Å². The number of hydrogen-bond donors (Lipinski definition) is 1. The third kappa shape index (κ3) is 4.53. The smallest absolute Gasteiger partial charge is 0.345 e. The molecule has 0 bridgehead atoms. The van der Waals surface area contributed by atoms with E-state index in [1.54, 1.807) is 0 Å². The molecule has 25 heavy (non-hydrogen) atoms. The molecule has 8 nitrogen and oxygen atoms in total. The number of anilines is 1. The van der Waals surface area contributed by atoms with Crippen molar-refractivity contribution in [3.05, 3.63) is 68.7 Å². The molecule has 0 saturated carbocycles. The third-order valence-corrected chi connectivity index (χ3v) is 3.27. The van der Waals surface area contributed by atoms with Crippen molar-refractivity contribution in [2.24, 2.45) is 0 Å². The summed E-state index contributed by atoms with van der Waals surface area (Å²) >= 11 is 5.80. The van der Waals surface area contributed by atoms with Crippen LogP contribution in [0.2, 0.25) is 5.02 Å². The third-order valence-electron chi connectivity index (χ3n) is 3.03. The van der Waals surface area contributed by atoms with E-state index < -0.39 is 29.1 Å². The average Bonchev–Trinajstić information content (AvgIpc) is 2.60. The number of carbonyl (C=O) groups excluding carboxylic acids is 2. The van der Waals surface area contributed by atoms with Crippen molar-refractivity contribution >= 4 is 34.9 Å². The highest BCUT2D eigenvalue weighted by atomic mass is 35.5. The normalized spacial score (nSPS) is 9.76. The van der Waals surface area contributed by atoms with Gasteiger partial charge < -0.3 is 10.1 Å². The van der Waals surface area contributed by atoms with Crippen LogP contribution in [0.15, 0.2) is 42.5 Å². The molecule has 1 N–H and O–H groups in total. The second-order valence-corrected chi connectivity index (χ2v) is 5.14. The quantitative estimate of drug-likeness (QED) is 0.497. The fourth-order valence-corrected chi connectivity index (χ4v) is 2.09. The molecule has 0 aliphatic carbocycles. The molecular weight excluding hydrogens is 350 g/mol. The van der Waals surface area contributed by atoms with Gasteiger partial charge in [-0.2, -0.15) is 5.26 Å². The van der Waals surface area contributed by atoms with Crippen LogP contribution in [0.4, 0.5) is 11.4 Å². The number of carbonyl (C=O) groups is 2. The average molecular weight is 360 g/mol. The SMILES string of the molecule is N#Cc1ccc(Cl)cc1NC(=O)COC(=O)c1ccccc1[N+](=O)[O-]. The summed E-state index contributed by atoms with van der Waals surface area (Å²) in [5.74, 6) is -1.72. The number of halogens is 1. The minimum Gasteiger partial charge on any atom is -0.452 e. The summed E-state index contributed by atoms with van der Waals surface area (Å²) in [6, 6.07) is 11.4. The number of nitro benzene ring substituents is 1. The lowest BCUT2D eigenvalue weighted by atomic mass is 10.2. The van der Waals surface area contributed by atoms with Crippen LogP contribution in [0.5, 0.6) is 0 Å². The molecule has 0 radical (unpaired) electrons. The Balaban J connectivity index is 2.04. The Hall–Kier alpha value is -3.44. The largest absolute Gasteiger partial charge is 0.452 e. The van der Waals surface area contributed by atoms with Crippen LogP contribution in [0, 0.1) is 21.4 Å². The topological polar surface area (TPSA) is 122 Å². The van der Waals surface area contributed by atoms with Gasteiger partial charge in [-0.1, -0.05) is 23.7 Å². The maximum absolute atomic E-state index is 11.9. The van der Waals surface area contributed by atoms with Crippen LogP contribution in [0.1, 0.15) is 15.9 Å². The van der Waals surface area contributed by atoms with Gasteiger partial charge in [0.25, 0.3) is 11.6 Å². The summed E-state index contributed by atoms with van der Waals surface area (Å²) in [5.41, 5.74) is -0.334. The Morgan fingerprint density at radius 2 is 2.00 bits per heavy atom. The van der Waals surface area contributed by atoms with Crippen LogP contribution in [0.25, 0.3) is 0 Å². The summed E-state index contributed by atoms with van der Waals surface area (Å²) < 4.78 is 4.79. The first-order chi connectivity index (χ1) is 11.9. The standard InChI is InChI=1S/C16H10ClN3O5/c17-11-6-5-10(8-18)13(7-11)19-15(21)9-25-16(22)12-3-1-2-4-14(12)20(23)24/h1-7H,9H2,(H,19,21). The van der Waals surface area contributed by atoms with Crippen molar-refractivity contribution in [3.63, 3.8) is 0 Å². The number of ether oxygens (including phenoxy) is 1. The molecule has 2 rings (SSSR count). The number of para-hydroxylation sites is 1. The first-order valence-electron chi connectivity index (χ1n) is 6.82. The van der Waals surface area contributed by atoms with E-state index in [0.717, 1.165) is 6.07 Å². The molecule has 0 aliphatic heterocycles. The number of nitrogens with one attached hydrogen (secondary N) is 1. The predicted octanol–water partition coefficient (Wildman–Crippen LogP) is 2.92. The van der Waals surface area contributed by atoms with Gasteiger partial charge in [-0.3, -0.25) is 14.9 Å². The first kappa shape index (κ1) is 17.9. The van der Waals surface area contributed by atoms with Crippen molar-refractivity contribution < 1.29 is 19.2 Å². The Morgan fingerprint density at radius 1 is 1.28 bits per heavy atom. The molecule has 0 saturated heterocycles. The van der Waals surface area contributed by atoms with Gasteiger partial charge in [0.1, 0.15) is 11.6 Å². The van der Waals surface area contributed by atoms with E-state index in [1.165, 1.54) is 36.4 Å². The summed E-state index contributed by atoms with van der Waals surface area (Å²) in [6.07, 6.45) is 0. The van der Waals surface area contributed by atoms with Crippen molar-refractivity contribution in [1.82, 2.24) is 0 Å². The number of nitro groups is 1. The zero-order valence-electron chi connectivity index (χ0n) is 12.6. The van der Waals surface area contributed by atoms with Crippen LogP contribution < -0.4 is 5.32 Å². The van der Waals surface area contributed by atoms with E-state index in [2.05, 4.69) is 5.32 Å². The Labute approximate surface area is 146 Å². The van der Waals surface area contributed by atoms with Gasteiger partial charge >= 0.3 is 5.97 Å². The highest BCUT2D eigenvalue weighted by Crippen LogP contribution is 2.21. The molecule has 0 spiro atoms. The number of hydrogen-bond acceptors (Lipinski definition) is 6. The maximum atomic E-state index is 11.9. The van der Waals surface area contributed by atoms with Crippen LogP contribution >= 0.6 is 11.6 Å². The van der Waals surface area contributed by atoms with Gasteiger partial charge in [-0.25, -0.2) is 4.79 Å². The number of nitriles is 1. The lowest BCUT2D eigenvalue weighted by Crippen LogP contribution is -2.21. The molecule has 9 heteroatoms. The molecule has 2 aromatic rings. The zero-order chi connectivity index (χ0) is 18.4. The van der Waals surface area contributed by atoms with Crippen molar-refractivity contribution in [3.8, 4) is 6.07 Å². The minimum absolute atomic E-state index is 0.168. The van der Waals surface area contributed by atoms with Crippen molar-refractivity contribution in [2.75, 3.05) is 11.9 Å². The maximum Gasteiger partial charge on any atom is 0.345 e. The Kier molecular flexibility index (Phi) is 5.66. The van der Waals surface area contributed by atoms with Gasteiger partial charge in [0.05, 0.1) is 16.2 Å². The van der Waals surface area contributed by atoms with E-state index in [9.17, 15) is 19.7 Å². The van der Waals surface area contributed by atoms with Gasteiger partial charge in [0, 0.05) is 11.1 Å². The monoisotopic (exact) mass is 359 g/mol. The molecular formula is C16H10ClN3O5. The number of rotatable bonds is 5. The Bertz CT molecular complexity index is 892. The second kappa shape index (κ2) is 7.90. The van der Waals surface area contributed by atoms with E-state index in [0.29, 0.717) is 5.02 Å². The zero-order valence-corrected chi connectivity index (χ0v) is 13.3. The lowest BCUT2D eigenvalue weighted by molar-refractivity contribution is -0.385. The lowest BCUT2D eigenvalue weighted by Gasteiger charge is -2.08. The van der Waals surface area contributed by atoms with E-state index in [1.807, 2.05) is 6.07 Å². The molecule has 2 aromatic carbocycles. The van der Waals surface area contributed by atoms with Gasteiger partial charge in [0.15, 0.2) is 6.61 Å². The number of nitrogens with zero attached hydrogens (tertiary/aromatic N) is 2. The van der Waals surface area contributed by atoms with Gasteiger partial charge in [-0.05, 0) is 24.3 Å². The summed E-state index contributed by atoms with van der Waals surface area (Å²) in [7, 11) is 0. The highest BCUT2D eigenvalue weighted by molar-refractivity contribution is 6.31. The molecule has 0 atom stereocenters. The van der Waals surface area contributed by atoms with Crippen molar-refractivity contribution in [2.45, 2.75) is 0 Å². The Morgan fingerprint density at radius 3 is 2.68 bits per heavy atom. The molecule has 0 heterocycles. The molecule has 1 amide bonds. The fraction of sp³-hybridized carbons (Fsp3) is 0.0625. The van der Waals surface area contributed by atoms with Gasteiger partial charge in [-0.15, -0.1) is 0 Å². The van der Waals surface area contributed by atoms with Crippen LogP contribution in [-0.2, 0) is 9.53 Å². The van der Waals surface area contributed by atoms with Crippen LogP contribution in [0.3, 0.4) is 0 Å². The van der Waals surface area contributed by atoms with E-state index in [4.69, 9.17) is 21.6 Å². The summed E-state index contributed by atoms with van der Waals surface area (Å²) in [5, 5.41) is 22.6. The van der Waals surface area contributed by atoms with Gasteiger partial charge in [0.2, 0.25) is 0 Å². The second-order valence-electron chi connectivity index (χ2n) is 4.70. The summed E-state index contributed by atoms with van der Waals surface area (Å²) in [4.78, 5) is 34.0. The van der Waals surface area contributed by atoms with E-state index >= 15 is 0 Å². The number of amides is 1. The number of benzene rings is 2. The highest BCUT2D eigenvalue weighted by Gasteiger charge is 2.21. The fourth-order valence-electron chi connectivity index (χ4n) is 1.92. The first-order valence-corrected chi connectivity index (χ1v) is 7.20.